The molecule has 4 nitrogen and oxygen atoms in total. The van der Waals surface area contributed by atoms with E-state index < -0.39 is 0 Å². The monoisotopic (exact) mass is 237 g/mol. The van der Waals surface area contributed by atoms with E-state index in [0.717, 1.165) is 25.1 Å². The number of ether oxygens (including phenoxy) is 1. The van der Waals surface area contributed by atoms with E-state index in [1.807, 2.05) is 0 Å². The zero-order valence-electron chi connectivity index (χ0n) is 10.6. The summed E-state index contributed by atoms with van der Waals surface area (Å²) in [5, 5.41) is 4.64. The molecular weight excluding hydrogens is 214 g/mol. The number of nitrogens with zero attached hydrogens (tertiary/aromatic N) is 2. The first kappa shape index (κ1) is 12.6. The Bertz CT molecular complexity index is 331. The van der Waals surface area contributed by atoms with Crippen LogP contribution >= 0.6 is 0 Å². The Morgan fingerprint density at radius 1 is 1.53 bits per heavy atom. The SMILES string of the molecule is COCCC(N)Cc1ccn(C2CCCC2)n1. The van der Waals surface area contributed by atoms with E-state index >= 15 is 0 Å². The number of rotatable bonds is 6. The molecule has 1 heterocycles. The lowest BCUT2D eigenvalue weighted by Gasteiger charge is -2.10. The van der Waals surface area contributed by atoms with Crippen LogP contribution in [0.4, 0.5) is 0 Å². The van der Waals surface area contributed by atoms with Gasteiger partial charge in [-0.2, -0.15) is 5.10 Å². The Kier molecular flexibility index (Phi) is 4.57. The molecule has 96 valence electrons. The topological polar surface area (TPSA) is 53.1 Å². The fourth-order valence-corrected chi connectivity index (χ4v) is 2.50. The minimum absolute atomic E-state index is 0.155. The highest BCUT2D eigenvalue weighted by Gasteiger charge is 2.17. The second kappa shape index (κ2) is 6.17. The second-order valence-electron chi connectivity index (χ2n) is 4.97. The molecule has 1 unspecified atom stereocenters. The molecule has 0 aromatic carbocycles. The largest absolute Gasteiger partial charge is 0.385 e. The van der Waals surface area contributed by atoms with Crippen molar-refractivity contribution in [2.75, 3.05) is 13.7 Å². The molecule has 0 aliphatic heterocycles. The average molecular weight is 237 g/mol. The fourth-order valence-electron chi connectivity index (χ4n) is 2.50. The Morgan fingerprint density at radius 2 is 2.29 bits per heavy atom. The van der Waals surface area contributed by atoms with E-state index in [1.54, 1.807) is 7.11 Å². The van der Waals surface area contributed by atoms with Gasteiger partial charge in [0.05, 0.1) is 11.7 Å². The van der Waals surface area contributed by atoms with Crippen LogP contribution in [-0.4, -0.2) is 29.5 Å². The summed E-state index contributed by atoms with van der Waals surface area (Å²) in [6.45, 7) is 0.727. The number of methoxy groups -OCH3 is 1. The lowest BCUT2D eigenvalue weighted by atomic mass is 10.1. The second-order valence-corrected chi connectivity index (χ2v) is 4.97. The maximum atomic E-state index is 6.03. The van der Waals surface area contributed by atoms with Gasteiger partial charge in [0.25, 0.3) is 0 Å². The Labute approximate surface area is 103 Å². The summed E-state index contributed by atoms with van der Waals surface area (Å²) in [5.74, 6) is 0. The van der Waals surface area contributed by atoms with Gasteiger partial charge in [0.15, 0.2) is 0 Å². The molecule has 1 aliphatic carbocycles. The minimum atomic E-state index is 0.155. The van der Waals surface area contributed by atoms with Gasteiger partial charge < -0.3 is 10.5 Å². The third-order valence-corrected chi connectivity index (χ3v) is 3.53. The van der Waals surface area contributed by atoms with Crippen molar-refractivity contribution in [3.63, 3.8) is 0 Å². The van der Waals surface area contributed by atoms with E-state index in [9.17, 15) is 0 Å². The van der Waals surface area contributed by atoms with Crippen molar-refractivity contribution < 1.29 is 4.74 Å². The van der Waals surface area contributed by atoms with Crippen molar-refractivity contribution in [2.45, 2.75) is 50.6 Å². The highest BCUT2D eigenvalue weighted by Crippen LogP contribution is 2.28. The van der Waals surface area contributed by atoms with E-state index in [2.05, 4.69) is 22.0 Å². The Hall–Kier alpha value is -0.870. The van der Waals surface area contributed by atoms with Gasteiger partial charge >= 0.3 is 0 Å². The van der Waals surface area contributed by atoms with Gasteiger partial charge in [-0.05, 0) is 25.3 Å². The molecule has 1 aromatic rings. The number of hydrogen-bond donors (Lipinski definition) is 1. The predicted molar refractivity (Wildman–Crippen MR) is 67.9 cm³/mol. The maximum absolute atomic E-state index is 6.03. The van der Waals surface area contributed by atoms with Crippen LogP contribution in [0.5, 0.6) is 0 Å². The van der Waals surface area contributed by atoms with E-state index in [4.69, 9.17) is 10.5 Å². The summed E-state index contributed by atoms with van der Waals surface area (Å²) >= 11 is 0. The van der Waals surface area contributed by atoms with E-state index in [-0.39, 0.29) is 6.04 Å². The molecule has 0 bridgehead atoms. The van der Waals surface area contributed by atoms with Crippen LogP contribution in [0.25, 0.3) is 0 Å². The summed E-state index contributed by atoms with van der Waals surface area (Å²) in [7, 11) is 1.71. The lowest BCUT2D eigenvalue weighted by Crippen LogP contribution is -2.24. The molecule has 1 atom stereocenters. The molecular formula is C13H23N3O. The molecule has 1 fully saturated rings. The highest BCUT2D eigenvalue weighted by atomic mass is 16.5. The van der Waals surface area contributed by atoms with Gasteiger partial charge in [-0.25, -0.2) is 0 Å². The standard InChI is InChI=1S/C13H23N3O/c1-17-9-7-11(14)10-12-6-8-16(15-12)13-4-2-3-5-13/h6,8,11,13H,2-5,7,9-10,14H2,1H3. The van der Waals surface area contributed by atoms with Gasteiger partial charge in [-0.3, -0.25) is 4.68 Å². The van der Waals surface area contributed by atoms with Crippen LogP contribution in [0.2, 0.25) is 0 Å². The van der Waals surface area contributed by atoms with Gasteiger partial charge in [-0.15, -0.1) is 0 Å². The molecule has 1 saturated carbocycles. The summed E-state index contributed by atoms with van der Waals surface area (Å²) in [6.07, 6.45) is 9.08. The molecule has 0 saturated heterocycles. The van der Waals surface area contributed by atoms with Crippen molar-refractivity contribution in [2.24, 2.45) is 5.73 Å². The van der Waals surface area contributed by atoms with Crippen LogP contribution in [-0.2, 0) is 11.2 Å². The van der Waals surface area contributed by atoms with Crippen molar-refractivity contribution in [3.8, 4) is 0 Å². The highest BCUT2D eigenvalue weighted by molar-refractivity contribution is 5.02. The van der Waals surface area contributed by atoms with Crippen LogP contribution < -0.4 is 5.73 Å². The van der Waals surface area contributed by atoms with Crippen LogP contribution in [0.15, 0.2) is 12.3 Å². The summed E-state index contributed by atoms with van der Waals surface area (Å²) in [6, 6.07) is 2.88. The van der Waals surface area contributed by atoms with Crippen molar-refractivity contribution in [1.82, 2.24) is 9.78 Å². The quantitative estimate of drug-likeness (QED) is 0.822. The molecule has 2 N–H and O–H groups in total. The van der Waals surface area contributed by atoms with Gasteiger partial charge in [0, 0.05) is 32.4 Å². The average Bonchev–Trinajstić information content (AvgIpc) is 2.95. The molecule has 2 rings (SSSR count). The summed E-state index contributed by atoms with van der Waals surface area (Å²) in [4.78, 5) is 0. The normalized spacial score (nSPS) is 18.7. The van der Waals surface area contributed by atoms with E-state index in [1.165, 1.54) is 25.7 Å². The fraction of sp³-hybridized carbons (Fsp3) is 0.769. The minimum Gasteiger partial charge on any atom is -0.385 e. The van der Waals surface area contributed by atoms with Crippen LogP contribution in [0.1, 0.15) is 43.8 Å². The van der Waals surface area contributed by atoms with Crippen LogP contribution in [0, 0.1) is 0 Å². The van der Waals surface area contributed by atoms with Crippen LogP contribution in [0.3, 0.4) is 0 Å². The number of nitrogens with two attached hydrogens (primary N) is 1. The van der Waals surface area contributed by atoms with E-state index in [0.29, 0.717) is 6.04 Å². The molecule has 0 spiro atoms. The first-order valence-corrected chi connectivity index (χ1v) is 6.58. The number of hydrogen-bond acceptors (Lipinski definition) is 3. The zero-order chi connectivity index (χ0) is 12.1. The molecule has 4 heteroatoms. The first-order valence-electron chi connectivity index (χ1n) is 6.58. The predicted octanol–water partition coefficient (Wildman–Crippen LogP) is 1.90. The summed E-state index contributed by atoms with van der Waals surface area (Å²) < 4.78 is 7.16. The van der Waals surface area contributed by atoms with Gasteiger partial charge in [0.1, 0.15) is 0 Å². The molecule has 1 aromatic heterocycles. The zero-order valence-corrected chi connectivity index (χ0v) is 10.6. The van der Waals surface area contributed by atoms with Gasteiger partial charge in [-0.1, -0.05) is 12.8 Å². The molecule has 1 aliphatic rings. The first-order chi connectivity index (χ1) is 8.29. The van der Waals surface area contributed by atoms with Crippen molar-refractivity contribution in [1.29, 1.82) is 0 Å². The molecule has 0 amide bonds. The van der Waals surface area contributed by atoms with Crippen molar-refractivity contribution >= 4 is 0 Å². The lowest BCUT2D eigenvalue weighted by molar-refractivity contribution is 0.187. The summed E-state index contributed by atoms with van der Waals surface area (Å²) in [5.41, 5.74) is 7.14. The van der Waals surface area contributed by atoms with Crippen molar-refractivity contribution in [3.05, 3.63) is 18.0 Å². The molecule has 17 heavy (non-hydrogen) atoms. The Morgan fingerprint density at radius 3 is 3.00 bits per heavy atom. The number of aromatic nitrogens is 2. The third-order valence-electron chi connectivity index (χ3n) is 3.53. The Balaban J connectivity index is 1.84. The maximum Gasteiger partial charge on any atom is 0.0640 e. The third kappa shape index (κ3) is 3.54. The van der Waals surface area contributed by atoms with Gasteiger partial charge in [0.2, 0.25) is 0 Å². The smallest absolute Gasteiger partial charge is 0.0640 e. The molecule has 0 radical (unpaired) electrons.